The minimum atomic E-state index is 0.168. The Morgan fingerprint density at radius 3 is 2.73 bits per heavy atom. The highest BCUT2D eigenvalue weighted by Gasteiger charge is 2.04. The van der Waals surface area contributed by atoms with Crippen molar-refractivity contribution in [2.24, 2.45) is 0 Å². The lowest BCUT2D eigenvalue weighted by Gasteiger charge is -2.09. The quantitative estimate of drug-likeness (QED) is 0.669. The van der Waals surface area contributed by atoms with E-state index in [1.807, 2.05) is 24.3 Å². The monoisotopic (exact) mass is 206 g/mol. The Bertz CT molecular complexity index is 318. The van der Waals surface area contributed by atoms with Crippen LogP contribution < -0.4 is 4.74 Å². The van der Waals surface area contributed by atoms with Gasteiger partial charge in [0.15, 0.2) is 0 Å². The van der Waals surface area contributed by atoms with E-state index in [-0.39, 0.29) is 5.78 Å². The van der Waals surface area contributed by atoms with Crippen LogP contribution in [0.25, 0.3) is 0 Å². The fourth-order valence-corrected chi connectivity index (χ4v) is 1.39. The number of ether oxygens (including phenoxy) is 1. The van der Waals surface area contributed by atoms with Crippen molar-refractivity contribution in [3.63, 3.8) is 0 Å². The van der Waals surface area contributed by atoms with Crippen LogP contribution in [0.3, 0.4) is 0 Å². The number of rotatable bonds is 6. The molecule has 0 N–H and O–H groups in total. The standard InChI is InChI=1S/C13H18O2/c1-3-4-9-15-13-8-6-5-7-12(13)10-11(2)14/h5-8H,3-4,9-10H2,1-2H3. The minimum Gasteiger partial charge on any atom is -0.493 e. The number of ketones is 1. The van der Waals surface area contributed by atoms with Crippen molar-refractivity contribution in [1.29, 1.82) is 0 Å². The molecule has 0 heterocycles. The smallest absolute Gasteiger partial charge is 0.134 e. The Hall–Kier alpha value is -1.31. The molecule has 0 aliphatic heterocycles. The Balaban J connectivity index is 2.64. The van der Waals surface area contributed by atoms with Gasteiger partial charge in [0.2, 0.25) is 0 Å². The molecule has 0 aromatic heterocycles. The van der Waals surface area contributed by atoms with E-state index >= 15 is 0 Å². The molecule has 0 aliphatic rings. The van der Waals surface area contributed by atoms with Gasteiger partial charge in [-0.3, -0.25) is 4.79 Å². The molecule has 0 atom stereocenters. The third-order valence-corrected chi connectivity index (χ3v) is 2.17. The Morgan fingerprint density at radius 1 is 1.33 bits per heavy atom. The van der Waals surface area contributed by atoms with Gasteiger partial charge in [-0.15, -0.1) is 0 Å². The van der Waals surface area contributed by atoms with Gasteiger partial charge in [0.1, 0.15) is 11.5 Å². The summed E-state index contributed by atoms with van der Waals surface area (Å²) in [4.78, 5) is 11.0. The maximum absolute atomic E-state index is 11.0. The first-order chi connectivity index (χ1) is 7.24. The average Bonchev–Trinajstić information content (AvgIpc) is 2.20. The highest BCUT2D eigenvalue weighted by molar-refractivity contribution is 5.78. The van der Waals surface area contributed by atoms with Gasteiger partial charge < -0.3 is 4.74 Å². The average molecular weight is 206 g/mol. The minimum absolute atomic E-state index is 0.168. The van der Waals surface area contributed by atoms with Crippen molar-refractivity contribution in [1.82, 2.24) is 0 Å². The molecule has 15 heavy (non-hydrogen) atoms. The Kier molecular flexibility index (Phi) is 4.88. The molecule has 2 heteroatoms. The molecule has 1 rings (SSSR count). The summed E-state index contributed by atoms with van der Waals surface area (Å²) in [6.45, 7) is 4.46. The van der Waals surface area contributed by atoms with Gasteiger partial charge in [-0.2, -0.15) is 0 Å². The highest BCUT2D eigenvalue weighted by Crippen LogP contribution is 2.18. The third kappa shape index (κ3) is 4.15. The fraction of sp³-hybridized carbons (Fsp3) is 0.462. The molecule has 0 spiro atoms. The van der Waals surface area contributed by atoms with Gasteiger partial charge in [-0.25, -0.2) is 0 Å². The first-order valence-electron chi connectivity index (χ1n) is 5.44. The maximum Gasteiger partial charge on any atom is 0.134 e. The number of carbonyl (C=O) groups excluding carboxylic acids is 1. The molecule has 0 fully saturated rings. The zero-order chi connectivity index (χ0) is 11.1. The predicted molar refractivity (Wildman–Crippen MR) is 61.2 cm³/mol. The normalized spacial score (nSPS) is 10.0. The lowest BCUT2D eigenvalue weighted by atomic mass is 10.1. The van der Waals surface area contributed by atoms with Crippen molar-refractivity contribution in [2.45, 2.75) is 33.1 Å². The van der Waals surface area contributed by atoms with Crippen molar-refractivity contribution in [3.05, 3.63) is 29.8 Å². The number of Topliss-reactive ketones (excluding diaryl/α,β-unsaturated/α-hetero) is 1. The van der Waals surface area contributed by atoms with E-state index in [2.05, 4.69) is 6.92 Å². The third-order valence-electron chi connectivity index (χ3n) is 2.17. The molecule has 0 unspecified atom stereocenters. The summed E-state index contributed by atoms with van der Waals surface area (Å²) in [5.74, 6) is 1.02. The van der Waals surface area contributed by atoms with Crippen molar-refractivity contribution in [2.75, 3.05) is 6.61 Å². The summed E-state index contributed by atoms with van der Waals surface area (Å²) in [6.07, 6.45) is 2.63. The van der Waals surface area contributed by atoms with E-state index in [1.54, 1.807) is 6.92 Å². The van der Waals surface area contributed by atoms with Crippen LogP contribution in [0.15, 0.2) is 24.3 Å². The summed E-state index contributed by atoms with van der Waals surface area (Å²) < 4.78 is 5.63. The summed E-state index contributed by atoms with van der Waals surface area (Å²) in [5, 5.41) is 0. The molecule has 0 bridgehead atoms. The molecule has 0 saturated carbocycles. The second-order valence-electron chi connectivity index (χ2n) is 3.69. The molecule has 2 nitrogen and oxygen atoms in total. The van der Waals surface area contributed by atoms with Gasteiger partial charge in [-0.05, 0) is 19.4 Å². The van der Waals surface area contributed by atoms with Crippen LogP contribution in [0.1, 0.15) is 32.3 Å². The van der Waals surface area contributed by atoms with Gasteiger partial charge in [0, 0.05) is 12.0 Å². The van der Waals surface area contributed by atoms with Crippen LogP contribution in [0, 0.1) is 0 Å². The lowest BCUT2D eigenvalue weighted by molar-refractivity contribution is -0.116. The van der Waals surface area contributed by atoms with Crippen LogP contribution in [0.5, 0.6) is 5.75 Å². The van der Waals surface area contributed by atoms with E-state index in [0.717, 1.165) is 30.8 Å². The second kappa shape index (κ2) is 6.23. The number of benzene rings is 1. The Morgan fingerprint density at radius 2 is 2.07 bits per heavy atom. The fourth-order valence-electron chi connectivity index (χ4n) is 1.39. The molecule has 0 radical (unpaired) electrons. The summed E-state index contributed by atoms with van der Waals surface area (Å²) in [6, 6.07) is 7.74. The Labute approximate surface area is 91.3 Å². The topological polar surface area (TPSA) is 26.3 Å². The van der Waals surface area contributed by atoms with E-state index < -0.39 is 0 Å². The molecule has 0 amide bonds. The lowest BCUT2D eigenvalue weighted by Crippen LogP contribution is -2.02. The van der Waals surface area contributed by atoms with Crippen LogP contribution in [-0.2, 0) is 11.2 Å². The van der Waals surface area contributed by atoms with E-state index in [4.69, 9.17) is 4.74 Å². The largest absolute Gasteiger partial charge is 0.493 e. The first-order valence-corrected chi connectivity index (χ1v) is 5.44. The van der Waals surface area contributed by atoms with E-state index in [0.29, 0.717) is 6.42 Å². The molecular weight excluding hydrogens is 188 g/mol. The van der Waals surface area contributed by atoms with E-state index in [9.17, 15) is 4.79 Å². The number of hydrogen-bond donors (Lipinski definition) is 0. The zero-order valence-corrected chi connectivity index (χ0v) is 9.45. The number of carbonyl (C=O) groups is 1. The molecule has 1 aromatic carbocycles. The molecule has 1 aromatic rings. The van der Waals surface area contributed by atoms with Gasteiger partial charge in [0.25, 0.3) is 0 Å². The van der Waals surface area contributed by atoms with Crippen LogP contribution in [-0.4, -0.2) is 12.4 Å². The zero-order valence-electron chi connectivity index (χ0n) is 9.45. The SMILES string of the molecule is CCCCOc1ccccc1CC(C)=O. The van der Waals surface area contributed by atoms with Crippen molar-refractivity contribution >= 4 is 5.78 Å². The van der Waals surface area contributed by atoms with Crippen molar-refractivity contribution in [3.8, 4) is 5.75 Å². The molecule has 82 valence electrons. The predicted octanol–water partition coefficient (Wildman–Crippen LogP) is 3.00. The highest BCUT2D eigenvalue weighted by atomic mass is 16.5. The molecule has 0 aliphatic carbocycles. The van der Waals surface area contributed by atoms with Crippen LogP contribution >= 0.6 is 0 Å². The number of para-hydroxylation sites is 1. The van der Waals surface area contributed by atoms with Gasteiger partial charge in [-0.1, -0.05) is 31.5 Å². The van der Waals surface area contributed by atoms with Crippen molar-refractivity contribution < 1.29 is 9.53 Å². The van der Waals surface area contributed by atoms with Crippen LogP contribution in [0.4, 0.5) is 0 Å². The molecular formula is C13H18O2. The maximum atomic E-state index is 11.0. The second-order valence-corrected chi connectivity index (χ2v) is 3.69. The van der Waals surface area contributed by atoms with Gasteiger partial charge in [0.05, 0.1) is 6.61 Å². The number of hydrogen-bond acceptors (Lipinski definition) is 2. The summed E-state index contributed by atoms with van der Waals surface area (Å²) in [7, 11) is 0. The van der Waals surface area contributed by atoms with E-state index in [1.165, 1.54) is 0 Å². The van der Waals surface area contributed by atoms with Gasteiger partial charge >= 0.3 is 0 Å². The summed E-state index contributed by atoms with van der Waals surface area (Å²) >= 11 is 0. The summed E-state index contributed by atoms with van der Waals surface area (Å²) in [5.41, 5.74) is 0.987. The molecule has 0 saturated heterocycles. The number of unbranched alkanes of at least 4 members (excludes halogenated alkanes) is 1. The van der Waals surface area contributed by atoms with Crippen LogP contribution in [0.2, 0.25) is 0 Å². The first kappa shape index (κ1) is 11.8.